The number of hydrogen-bond acceptors (Lipinski definition) is 2. The molecular weight excluding hydrogens is 295 g/mol. The summed E-state index contributed by atoms with van der Waals surface area (Å²) in [7, 11) is 0. The molecule has 2 aliphatic rings. The minimum absolute atomic E-state index is 0.322. The minimum atomic E-state index is 0.322. The van der Waals surface area contributed by atoms with Crippen LogP contribution in [0.4, 0.5) is 0 Å². The van der Waals surface area contributed by atoms with E-state index in [2.05, 4.69) is 64.0 Å². The zero-order valence-electron chi connectivity index (χ0n) is 10.9. The number of hydrogen-bond donors (Lipinski definition) is 1. The minimum Gasteiger partial charge on any atom is -0.508 e. The molecule has 2 aliphatic carbocycles. The van der Waals surface area contributed by atoms with E-state index in [4.69, 9.17) is 5.11 Å². The normalized spacial score (nSPS) is 14.7. The highest BCUT2D eigenvalue weighted by molar-refractivity contribution is 6.24. The highest BCUT2D eigenvalue weighted by atomic mass is 35.6. The first kappa shape index (κ1) is 16.6. The van der Waals surface area contributed by atoms with E-state index in [0.717, 1.165) is 12.8 Å². The first-order valence-corrected chi connectivity index (χ1v) is 6.74. The average Bonchev–Trinajstić information content (AvgIpc) is 3.14. The lowest BCUT2D eigenvalue weighted by Gasteiger charge is -1.99. The second kappa shape index (κ2) is 10.3. The average molecular weight is 311 g/mol. The molecule has 0 spiro atoms. The Hall–Kier alpha value is -1.48. The van der Waals surface area contributed by atoms with Crippen molar-refractivity contribution < 1.29 is 8.95 Å². The summed E-state index contributed by atoms with van der Waals surface area (Å²) in [5, 5.41) is 8.63. The Morgan fingerprint density at radius 2 is 1.30 bits per heavy atom. The van der Waals surface area contributed by atoms with E-state index >= 15 is 0 Å². The maximum absolute atomic E-state index is 8.63. The molecule has 0 heterocycles. The maximum Gasteiger partial charge on any atom is 0.115 e. The third-order valence-electron chi connectivity index (χ3n) is 2.71. The summed E-state index contributed by atoms with van der Waals surface area (Å²) in [4.78, 5) is 0. The first-order chi connectivity index (χ1) is 9.77. The number of para-hydroxylation sites is 1. The van der Waals surface area contributed by atoms with Crippen molar-refractivity contribution in [2.24, 2.45) is 0 Å². The van der Waals surface area contributed by atoms with Gasteiger partial charge in [0.25, 0.3) is 0 Å². The molecule has 20 heavy (non-hydrogen) atoms. The summed E-state index contributed by atoms with van der Waals surface area (Å²) >= 11 is 8.53. The summed E-state index contributed by atoms with van der Waals surface area (Å²) in [6.07, 6.45) is 15.4. The van der Waals surface area contributed by atoms with E-state index in [1.807, 2.05) is 6.07 Å². The summed E-state index contributed by atoms with van der Waals surface area (Å²) < 4.78 is 3.19. The van der Waals surface area contributed by atoms with E-state index in [1.54, 1.807) is 24.3 Å². The molecule has 0 radical (unpaired) electrons. The van der Waals surface area contributed by atoms with Gasteiger partial charge in [-0.1, -0.05) is 54.7 Å². The smallest absolute Gasteiger partial charge is 0.115 e. The lowest BCUT2D eigenvalue weighted by Crippen LogP contribution is -1.80. The van der Waals surface area contributed by atoms with Gasteiger partial charge >= 0.3 is 0 Å². The topological polar surface area (TPSA) is 29.5 Å². The lowest BCUT2D eigenvalue weighted by atomic mass is 10.1. The van der Waals surface area contributed by atoms with Gasteiger partial charge in [0, 0.05) is 0 Å². The molecule has 106 valence electrons. The van der Waals surface area contributed by atoms with Crippen molar-refractivity contribution in [1.29, 1.82) is 0 Å². The number of halogens is 2. The molecule has 0 fully saturated rings. The molecule has 1 aromatic carbocycles. The van der Waals surface area contributed by atoms with Crippen LogP contribution in [-0.2, 0) is 3.84 Å². The predicted octanol–water partition coefficient (Wildman–Crippen LogP) is 5.46. The monoisotopic (exact) mass is 310 g/mol. The fourth-order valence-corrected chi connectivity index (χ4v) is 1.80. The molecule has 0 saturated carbocycles. The SMILES string of the molecule is C1=CCC(C2=CC=CC2)=C1.ClOCl.Oc1ccccc1. The van der Waals surface area contributed by atoms with Crippen molar-refractivity contribution >= 4 is 23.7 Å². The van der Waals surface area contributed by atoms with Gasteiger partial charge in [-0.3, -0.25) is 0 Å². The molecule has 0 saturated heterocycles. The molecule has 4 heteroatoms. The zero-order valence-corrected chi connectivity index (χ0v) is 12.4. The molecule has 0 unspecified atom stereocenters. The van der Waals surface area contributed by atoms with Crippen molar-refractivity contribution in [3.8, 4) is 5.75 Å². The van der Waals surface area contributed by atoms with Gasteiger partial charge in [-0.15, -0.1) is 0 Å². The van der Waals surface area contributed by atoms with Crippen LogP contribution in [0.3, 0.4) is 0 Å². The molecular formula is C16H16Cl2O2. The van der Waals surface area contributed by atoms with Crippen LogP contribution >= 0.6 is 23.7 Å². The van der Waals surface area contributed by atoms with Gasteiger partial charge < -0.3 is 5.11 Å². The molecule has 0 aliphatic heterocycles. The molecule has 3 rings (SSSR count). The van der Waals surface area contributed by atoms with Gasteiger partial charge in [-0.25, -0.2) is 0 Å². The van der Waals surface area contributed by atoms with Crippen LogP contribution in [0.5, 0.6) is 5.75 Å². The van der Waals surface area contributed by atoms with Gasteiger partial charge in [0.15, 0.2) is 0 Å². The van der Waals surface area contributed by atoms with E-state index < -0.39 is 0 Å². The van der Waals surface area contributed by atoms with Crippen molar-refractivity contribution in [3.05, 3.63) is 77.9 Å². The number of aromatic hydroxyl groups is 1. The van der Waals surface area contributed by atoms with Gasteiger partial charge in [0.1, 0.15) is 5.75 Å². The standard InChI is InChI=1S/C10H10.C6H6O.Cl2O/c1-2-6-9(5-1)10-7-3-4-8-10;7-6-4-2-1-3-5-6;1-3-2/h1-5,7H,6,8H2;1-5,7H;. The van der Waals surface area contributed by atoms with Crippen molar-refractivity contribution in [3.63, 3.8) is 0 Å². The quantitative estimate of drug-likeness (QED) is 0.746. The van der Waals surface area contributed by atoms with E-state index in [9.17, 15) is 0 Å². The Balaban J connectivity index is 0.000000176. The lowest BCUT2D eigenvalue weighted by molar-refractivity contribution is 0.475. The van der Waals surface area contributed by atoms with Gasteiger partial charge in [0.2, 0.25) is 0 Å². The van der Waals surface area contributed by atoms with Crippen molar-refractivity contribution in [1.82, 2.24) is 0 Å². The van der Waals surface area contributed by atoms with Crippen LogP contribution in [0.15, 0.2) is 77.9 Å². The Kier molecular flexibility index (Phi) is 8.56. The second-order valence-corrected chi connectivity index (χ2v) is 4.51. The second-order valence-electron chi connectivity index (χ2n) is 4.04. The number of phenolic OH excluding ortho intramolecular Hbond substituents is 1. The number of allylic oxidation sites excluding steroid dienone is 8. The van der Waals surface area contributed by atoms with Crippen molar-refractivity contribution in [2.45, 2.75) is 12.8 Å². The zero-order chi connectivity index (χ0) is 14.6. The van der Waals surface area contributed by atoms with E-state index in [-0.39, 0.29) is 0 Å². The highest BCUT2D eigenvalue weighted by Crippen LogP contribution is 2.25. The molecule has 2 nitrogen and oxygen atoms in total. The largest absolute Gasteiger partial charge is 0.508 e. The number of benzene rings is 1. The Morgan fingerprint density at radius 1 is 0.850 bits per heavy atom. The number of phenols is 1. The third-order valence-corrected chi connectivity index (χ3v) is 2.71. The summed E-state index contributed by atoms with van der Waals surface area (Å²) in [5.74, 6) is 0.322. The summed E-state index contributed by atoms with van der Waals surface area (Å²) in [6, 6.07) is 8.71. The molecule has 0 bridgehead atoms. The van der Waals surface area contributed by atoms with Gasteiger partial charge in [-0.05, 0) is 36.1 Å². The van der Waals surface area contributed by atoms with Crippen molar-refractivity contribution in [2.75, 3.05) is 0 Å². The van der Waals surface area contributed by atoms with E-state index in [1.165, 1.54) is 11.1 Å². The Morgan fingerprint density at radius 3 is 1.55 bits per heavy atom. The van der Waals surface area contributed by atoms with Crippen LogP contribution in [0.2, 0.25) is 0 Å². The van der Waals surface area contributed by atoms with Gasteiger partial charge in [0.05, 0.1) is 23.7 Å². The fourth-order valence-electron chi connectivity index (χ4n) is 1.80. The Labute approximate surface area is 129 Å². The third kappa shape index (κ3) is 6.62. The number of rotatable bonds is 1. The van der Waals surface area contributed by atoms with Crippen LogP contribution in [0.1, 0.15) is 12.8 Å². The van der Waals surface area contributed by atoms with Crippen LogP contribution < -0.4 is 0 Å². The highest BCUT2D eigenvalue weighted by Gasteiger charge is 2.05. The van der Waals surface area contributed by atoms with Crippen LogP contribution in [0, 0.1) is 0 Å². The molecule has 0 aromatic heterocycles. The fraction of sp³-hybridized carbons (Fsp3) is 0.125. The van der Waals surface area contributed by atoms with Gasteiger partial charge in [-0.2, -0.15) is 3.84 Å². The molecule has 1 aromatic rings. The molecule has 1 N–H and O–H groups in total. The maximum atomic E-state index is 8.63. The predicted molar refractivity (Wildman–Crippen MR) is 84.6 cm³/mol. The molecule has 0 amide bonds. The Bertz CT molecular complexity index is 474. The van der Waals surface area contributed by atoms with Crippen LogP contribution in [-0.4, -0.2) is 5.11 Å². The van der Waals surface area contributed by atoms with E-state index in [0.29, 0.717) is 5.75 Å². The first-order valence-electron chi connectivity index (χ1n) is 6.13. The van der Waals surface area contributed by atoms with Crippen LogP contribution in [0.25, 0.3) is 0 Å². The molecule has 0 atom stereocenters. The summed E-state index contributed by atoms with van der Waals surface area (Å²) in [5.41, 5.74) is 2.98. The summed E-state index contributed by atoms with van der Waals surface area (Å²) in [6.45, 7) is 0.